The Kier molecular flexibility index (Phi) is 3.55. The van der Waals surface area contributed by atoms with Gasteiger partial charge in [-0.2, -0.15) is 0 Å². The second kappa shape index (κ2) is 4.68. The van der Waals surface area contributed by atoms with Crippen molar-refractivity contribution in [2.45, 2.75) is 20.0 Å². The van der Waals surface area contributed by atoms with Crippen molar-refractivity contribution in [1.29, 1.82) is 0 Å². The fraction of sp³-hybridized carbons (Fsp3) is 0.364. The Balaban J connectivity index is 2.89. The minimum atomic E-state index is -1.00. The summed E-state index contributed by atoms with van der Waals surface area (Å²) in [6, 6.07) is 5.34. The van der Waals surface area contributed by atoms with E-state index in [1.54, 1.807) is 12.1 Å². The van der Waals surface area contributed by atoms with Crippen molar-refractivity contribution in [3.63, 3.8) is 0 Å². The summed E-state index contributed by atoms with van der Waals surface area (Å²) < 4.78 is 10.3. The van der Waals surface area contributed by atoms with Gasteiger partial charge in [-0.25, -0.2) is 4.79 Å². The molecule has 4 heteroatoms. The molecule has 15 heavy (non-hydrogen) atoms. The summed E-state index contributed by atoms with van der Waals surface area (Å²) in [4.78, 5) is 10.6. The second-order valence-electron chi connectivity index (χ2n) is 3.25. The van der Waals surface area contributed by atoms with Gasteiger partial charge in [0.2, 0.25) is 0 Å². The molecular formula is C11H14O4. The van der Waals surface area contributed by atoms with Crippen molar-refractivity contribution in [2.75, 3.05) is 7.11 Å². The molecule has 1 aromatic rings. The number of ether oxygens (including phenoxy) is 2. The molecule has 0 heterocycles. The molecule has 0 amide bonds. The monoisotopic (exact) mass is 210 g/mol. The standard InChI is InChI=1S/C11H14O4/c1-7-4-5-9(10(6-7)14-3)15-8(2)11(12)13/h4-6,8H,1-3H3,(H,12,13). The number of carbonyl (C=O) groups is 1. The largest absolute Gasteiger partial charge is 0.493 e. The first-order valence-corrected chi connectivity index (χ1v) is 4.58. The van der Waals surface area contributed by atoms with E-state index in [2.05, 4.69) is 0 Å². The third-order valence-electron chi connectivity index (χ3n) is 1.97. The van der Waals surface area contributed by atoms with E-state index in [1.807, 2.05) is 13.0 Å². The number of carboxylic acid groups (broad SMARTS) is 1. The lowest BCUT2D eigenvalue weighted by molar-refractivity contribution is -0.144. The Morgan fingerprint density at radius 2 is 2.07 bits per heavy atom. The zero-order chi connectivity index (χ0) is 11.4. The molecule has 0 bridgehead atoms. The highest BCUT2D eigenvalue weighted by Gasteiger charge is 2.14. The maximum atomic E-state index is 10.6. The molecule has 4 nitrogen and oxygen atoms in total. The first-order chi connectivity index (χ1) is 7.04. The van der Waals surface area contributed by atoms with Gasteiger partial charge in [-0.15, -0.1) is 0 Å². The van der Waals surface area contributed by atoms with Gasteiger partial charge >= 0.3 is 5.97 Å². The van der Waals surface area contributed by atoms with Crippen molar-refractivity contribution in [3.8, 4) is 11.5 Å². The molecule has 1 aromatic carbocycles. The van der Waals surface area contributed by atoms with Gasteiger partial charge in [-0.1, -0.05) is 6.07 Å². The molecule has 1 N–H and O–H groups in total. The molecule has 0 aromatic heterocycles. The van der Waals surface area contributed by atoms with Crippen LogP contribution in [0.25, 0.3) is 0 Å². The lowest BCUT2D eigenvalue weighted by Crippen LogP contribution is -2.23. The SMILES string of the molecule is COc1cc(C)ccc1OC(C)C(=O)O. The number of hydrogen-bond acceptors (Lipinski definition) is 3. The van der Waals surface area contributed by atoms with Gasteiger partial charge in [0.25, 0.3) is 0 Å². The molecule has 1 rings (SSSR count). The maximum Gasteiger partial charge on any atom is 0.344 e. The highest BCUT2D eigenvalue weighted by Crippen LogP contribution is 2.28. The van der Waals surface area contributed by atoms with Crippen LogP contribution in [0.4, 0.5) is 0 Å². The Bertz CT molecular complexity index is 360. The predicted octanol–water partition coefficient (Wildman–Crippen LogP) is 1.86. The fourth-order valence-electron chi connectivity index (χ4n) is 1.11. The number of aryl methyl sites for hydroxylation is 1. The number of hydrogen-bond donors (Lipinski definition) is 1. The van der Waals surface area contributed by atoms with E-state index in [0.717, 1.165) is 5.56 Å². The molecule has 0 aliphatic heterocycles. The molecule has 0 aliphatic carbocycles. The summed E-state index contributed by atoms with van der Waals surface area (Å²) in [5, 5.41) is 8.70. The van der Waals surface area contributed by atoms with Crippen LogP contribution in [0.5, 0.6) is 11.5 Å². The number of benzene rings is 1. The smallest absolute Gasteiger partial charge is 0.344 e. The summed E-state index contributed by atoms with van der Waals surface area (Å²) in [5.41, 5.74) is 1.03. The van der Waals surface area contributed by atoms with Gasteiger partial charge in [0.05, 0.1) is 7.11 Å². The van der Waals surface area contributed by atoms with Crippen molar-refractivity contribution in [3.05, 3.63) is 23.8 Å². The van der Waals surface area contributed by atoms with Crippen molar-refractivity contribution in [1.82, 2.24) is 0 Å². The summed E-state index contributed by atoms with van der Waals surface area (Å²) in [5.74, 6) is -0.0151. The van der Waals surface area contributed by atoms with E-state index in [0.29, 0.717) is 11.5 Å². The van der Waals surface area contributed by atoms with E-state index in [9.17, 15) is 4.79 Å². The summed E-state index contributed by atoms with van der Waals surface area (Å²) in [6.07, 6.45) is -0.887. The van der Waals surface area contributed by atoms with E-state index in [1.165, 1.54) is 14.0 Å². The summed E-state index contributed by atoms with van der Waals surface area (Å²) in [7, 11) is 1.52. The Hall–Kier alpha value is -1.71. The number of rotatable bonds is 4. The minimum Gasteiger partial charge on any atom is -0.493 e. The predicted molar refractivity (Wildman–Crippen MR) is 55.5 cm³/mol. The molecule has 0 saturated carbocycles. The van der Waals surface area contributed by atoms with Crippen molar-refractivity contribution < 1.29 is 19.4 Å². The highest BCUT2D eigenvalue weighted by molar-refractivity contribution is 5.72. The van der Waals surface area contributed by atoms with Crippen molar-refractivity contribution >= 4 is 5.97 Å². The molecule has 1 atom stereocenters. The van der Waals surface area contributed by atoms with Gasteiger partial charge < -0.3 is 14.6 Å². The lowest BCUT2D eigenvalue weighted by atomic mass is 10.2. The van der Waals surface area contributed by atoms with Gasteiger partial charge in [0.15, 0.2) is 17.6 Å². The third-order valence-corrected chi connectivity index (χ3v) is 1.97. The van der Waals surface area contributed by atoms with Crippen LogP contribution in [-0.4, -0.2) is 24.3 Å². The Morgan fingerprint density at radius 1 is 1.40 bits per heavy atom. The van der Waals surface area contributed by atoms with E-state index < -0.39 is 12.1 Å². The molecule has 0 fully saturated rings. The Labute approximate surface area is 88.4 Å². The first kappa shape index (κ1) is 11.4. The average Bonchev–Trinajstić information content (AvgIpc) is 2.20. The topological polar surface area (TPSA) is 55.8 Å². The van der Waals surface area contributed by atoms with Crippen LogP contribution >= 0.6 is 0 Å². The van der Waals surface area contributed by atoms with Crippen LogP contribution in [0.1, 0.15) is 12.5 Å². The van der Waals surface area contributed by atoms with Gasteiger partial charge in [0.1, 0.15) is 0 Å². The van der Waals surface area contributed by atoms with E-state index in [4.69, 9.17) is 14.6 Å². The lowest BCUT2D eigenvalue weighted by Gasteiger charge is -2.13. The van der Waals surface area contributed by atoms with Gasteiger partial charge in [0, 0.05) is 0 Å². The number of methoxy groups -OCH3 is 1. The van der Waals surface area contributed by atoms with Gasteiger partial charge in [-0.05, 0) is 31.5 Å². The van der Waals surface area contributed by atoms with Crippen LogP contribution in [-0.2, 0) is 4.79 Å². The molecular weight excluding hydrogens is 196 g/mol. The summed E-state index contributed by atoms with van der Waals surface area (Å²) in [6.45, 7) is 3.40. The third kappa shape index (κ3) is 2.87. The van der Waals surface area contributed by atoms with E-state index >= 15 is 0 Å². The fourth-order valence-corrected chi connectivity index (χ4v) is 1.11. The van der Waals surface area contributed by atoms with Crippen LogP contribution in [0.2, 0.25) is 0 Å². The van der Waals surface area contributed by atoms with Crippen LogP contribution in [0, 0.1) is 6.92 Å². The molecule has 1 unspecified atom stereocenters. The van der Waals surface area contributed by atoms with Gasteiger partial charge in [-0.3, -0.25) is 0 Å². The number of aliphatic carboxylic acids is 1. The minimum absolute atomic E-state index is 0.443. The molecule has 0 saturated heterocycles. The van der Waals surface area contributed by atoms with E-state index in [-0.39, 0.29) is 0 Å². The maximum absolute atomic E-state index is 10.6. The molecule has 0 radical (unpaired) electrons. The number of carboxylic acids is 1. The quantitative estimate of drug-likeness (QED) is 0.824. The first-order valence-electron chi connectivity index (χ1n) is 4.58. The normalized spacial score (nSPS) is 11.9. The molecule has 0 spiro atoms. The molecule has 0 aliphatic rings. The zero-order valence-corrected chi connectivity index (χ0v) is 8.98. The van der Waals surface area contributed by atoms with Crippen LogP contribution in [0.3, 0.4) is 0 Å². The summed E-state index contributed by atoms with van der Waals surface area (Å²) >= 11 is 0. The second-order valence-corrected chi connectivity index (χ2v) is 3.25. The Morgan fingerprint density at radius 3 is 2.60 bits per heavy atom. The highest BCUT2D eigenvalue weighted by atomic mass is 16.5. The molecule has 82 valence electrons. The average molecular weight is 210 g/mol. The zero-order valence-electron chi connectivity index (χ0n) is 8.98. The van der Waals surface area contributed by atoms with Crippen molar-refractivity contribution in [2.24, 2.45) is 0 Å². The van der Waals surface area contributed by atoms with Crippen LogP contribution < -0.4 is 9.47 Å². The van der Waals surface area contributed by atoms with Crippen LogP contribution in [0.15, 0.2) is 18.2 Å².